The van der Waals surface area contributed by atoms with Gasteiger partial charge < -0.3 is 9.47 Å². The van der Waals surface area contributed by atoms with Gasteiger partial charge in [-0.1, -0.05) is 0 Å². The molecule has 6 heteroatoms. The van der Waals surface area contributed by atoms with Gasteiger partial charge in [0.25, 0.3) is 0 Å². The third-order valence-corrected chi connectivity index (χ3v) is 4.19. The molecule has 1 saturated carbocycles. The Morgan fingerprint density at radius 3 is 2.75 bits per heavy atom. The van der Waals surface area contributed by atoms with E-state index in [0.717, 1.165) is 12.5 Å². The minimum absolute atomic E-state index is 0.109. The Bertz CT molecular complexity index is 326. The first-order valence-electron chi connectivity index (χ1n) is 5.70. The van der Waals surface area contributed by atoms with Crippen LogP contribution in [0.3, 0.4) is 0 Å². The van der Waals surface area contributed by atoms with Crippen molar-refractivity contribution < 1.29 is 17.9 Å². The molecule has 1 aliphatic heterocycles. The smallest absolute Gasteiger partial charge is 0.211 e. The van der Waals surface area contributed by atoms with Crippen molar-refractivity contribution in [3.8, 4) is 0 Å². The van der Waals surface area contributed by atoms with Crippen molar-refractivity contribution in [2.75, 3.05) is 39.2 Å². The zero-order valence-electron chi connectivity index (χ0n) is 9.59. The molecule has 1 unspecified atom stereocenters. The molecule has 0 bridgehead atoms. The molecule has 0 aromatic heterocycles. The number of sulfonamides is 1. The summed E-state index contributed by atoms with van der Waals surface area (Å²) < 4.78 is 35.2. The summed E-state index contributed by atoms with van der Waals surface area (Å²) in [5.74, 6) is 0.731. The van der Waals surface area contributed by atoms with E-state index in [9.17, 15) is 8.42 Å². The number of nitrogens with zero attached hydrogens (tertiary/aromatic N) is 1. The fraction of sp³-hybridized carbons (Fsp3) is 1.00. The average molecular weight is 249 g/mol. The summed E-state index contributed by atoms with van der Waals surface area (Å²) in [5.41, 5.74) is 0. The van der Waals surface area contributed by atoms with Crippen molar-refractivity contribution in [3.05, 3.63) is 0 Å². The lowest BCUT2D eigenvalue weighted by atomic mass is 10.3. The number of rotatable bonds is 5. The molecule has 1 heterocycles. The van der Waals surface area contributed by atoms with Crippen molar-refractivity contribution in [1.29, 1.82) is 0 Å². The molecule has 2 rings (SSSR count). The Labute approximate surface area is 96.8 Å². The molecular weight excluding hydrogens is 230 g/mol. The van der Waals surface area contributed by atoms with Crippen LogP contribution in [-0.2, 0) is 19.5 Å². The zero-order valence-corrected chi connectivity index (χ0v) is 10.4. The summed E-state index contributed by atoms with van der Waals surface area (Å²) in [6, 6.07) is 0. The van der Waals surface area contributed by atoms with Gasteiger partial charge in [-0.25, -0.2) is 8.42 Å². The van der Waals surface area contributed by atoms with Gasteiger partial charge >= 0.3 is 0 Å². The van der Waals surface area contributed by atoms with Crippen LogP contribution in [0.4, 0.5) is 0 Å². The van der Waals surface area contributed by atoms with E-state index in [1.807, 2.05) is 0 Å². The van der Waals surface area contributed by atoms with Crippen molar-refractivity contribution >= 4 is 10.0 Å². The van der Waals surface area contributed by atoms with Gasteiger partial charge in [0.2, 0.25) is 10.0 Å². The topological polar surface area (TPSA) is 55.8 Å². The van der Waals surface area contributed by atoms with Gasteiger partial charge in [0.05, 0.1) is 25.6 Å². The second kappa shape index (κ2) is 5.00. The zero-order chi connectivity index (χ0) is 11.6. The number of hydrogen-bond donors (Lipinski definition) is 0. The Kier molecular flexibility index (Phi) is 3.84. The monoisotopic (exact) mass is 249 g/mol. The van der Waals surface area contributed by atoms with E-state index in [1.165, 1.54) is 23.4 Å². The van der Waals surface area contributed by atoms with Gasteiger partial charge in [0.1, 0.15) is 0 Å². The molecule has 94 valence electrons. The SMILES string of the molecule is CS(=O)(=O)N1CCOC(COCC2CC2)C1. The standard InChI is InChI=1S/C10H19NO4S/c1-16(12,13)11-4-5-15-10(6-11)8-14-7-9-2-3-9/h9-10H,2-8H2,1H3. The highest BCUT2D eigenvalue weighted by molar-refractivity contribution is 7.88. The van der Waals surface area contributed by atoms with Crippen molar-refractivity contribution in [2.45, 2.75) is 18.9 Å². The molecule has 1 atom stereocenters. The minimum atomic E-state index is -3.09. The van der Waals surface area contributed by atoms with E-state index in [-0.39, 0.29) is 6.10 Å². The normalized spacial score (nSPS) is 28.2. The largest absolute Gasteiger partial charge is 0.378 e. The van der Waals surface area contributed by atoms with Gasteiger partial charge in [0.15, 0.2) is 0 Å². The molecule has 16 heavy (non-hydrogen) atoms. The maximum Gasteiger partial charge on any atom is 0.211 e. The maximum absolute atomic E-state index is 11.4. The summed E-state index contributed by atoms with van der Waals surface area (Å²) in [6.45, 7) is 2.63. The molecule has 2 aliphatic rings. The van der Waals surface area contributed by atoms with Crippen LogP contribution < -0.4 is 0 Å². The van der Waals surface area contributed by atoms with Crippen molar-refractivity contribution in [2.24, 2.45) is 5.92 Å². The molecule has 1 saturated heterocycles. The van der Waals surface area contributed by atoms with Gasteiger partial charge in [-0.05, 0) is 18.8 Å². The summed E-state index contributed by atoms with van der Waals surface area (Å²) in [6.07, 6.45) is 3.66. The second-order valence-corrected chi connectivity index (χ2v) is 6.58. The molecule has 0 radical (unpaired) electrons. The van der Waals surface area contributed by atoms with Gasteiger partial charge in [-0.3, -0.25) is 0 Å². The molecule has 0 aromatic rings. The molecule has 5 nitrogen and oxygen atoms in total. The van der Waals surface area contributed by atoms with E-state index >= 15 is 0 Å². The quantitative estimate of drug-likeness (QED) is 0.692. The minimum Gasteiger partial charge on any atom is -0.378 e. The van der Waals surface area contributed by atoms with Crippen LogP contribution in [-0.4, -0.2) is 58.0 Å². The number of ether oxygens (including phenoxy) is 2. The van der Waals surface area contributed by atoms with Gasteiger partial charge in [0, 0.05) is 19.7 Å². The highest BCUT2D eigenvalue weighted by Crippen LogP contribution is 2.28. The molecular formula is C10H19NO4S. The lowest BCUT2D eigenvalue weighted by molar-refractivity contribution is -0.0522. The van der Waals surface area contributed by atoms with Crippen molar-refractivity contribution in [3.63, 3.8) is 0 Å². The fourth-order valence-corrected chi connectivity index (χ4v) is 2.59. The van der Waals surface area contributed by atoms with Crippen LogP contribution in [0.15, 0.2) is 0 Å². The van der Waals surface area contributed by atoms with Crippen LogP contribution in [0.2, 0.25) is 0 Å². The van der Waals surface area contributed by atoms with E-state index in [2.05, 4.69) is 0 Å². The lowest BCUT2D eigenvalue weighted by Gasteiger charge is -2.31. The molecule has 2 fully saturated rings. The number of morpholine rings is 1. The summed E-state index contributed by atoms with van der Waals surface area (Å²) >= 11 is 0. The predicted molar refractivity (Wildman–Crippen MR) is 59.7 cm³/mol. The Hall–Kier alpha value is -0.170. The fourth-order valence-electron chi connectivity index (χ4n) is 1.75. The average Bonchev–Trinajstić information content (AvgIpc) is 3.01. The van der Waals surface area contributed by atoms with Crippen LogP contribution in [0.5, 0.6) is 0 Å². The van der Waals surface area contributed by atoms with Crippen molar-refractivity contribution in [1.82, 2.24) is 4.31 Å². The molecule has 1 aliphatic carbocycles. The third kappa shape index (κ3) is 3.69. The lowest BCUT2D eigenvalue weighted by Crippen LogP contribution is -2.46. The van der Waals surface area contributed by atoms with Crippen LogP contribution >= 0.6 is 0 Å². The number of hydrogen-bond acceptors (Lipinski definition) is 4. The Morgan fingerprint density at radius 2 is 2.12 bits per heavy atom. The second-order valence-electron chi connectivity index (χ2n) is 4.59. The molecule has 0 aromatic carbocycles. The summed E-state index contributed by atoms with van der Waals surface area (Å²) in [5, 5.41) is 0. The first-order valence-corrected chi connectivity index (χ1v) is 7.55. The highest BCUT2D eigenvalue weighted by atomic mass is 32.2. The van der Waals surface area contributed by atoms with E-state index in [1.54, 1.807) is 0 Å². The molecule has 0 spiro atoms. The first-order chi connectivity index (χ1) is 7.55. The maximum atomic E-state index is 11.4. The Balaban J connectivity index is 1.72. The van der Waals surface area contributed by atoms with Gasteiger partial charge in [-0.15, -0.1) is 0 Å². The van der Waals surface area contributed by atoms with E-state index in [4.69, 9.17) is 9.47 Å². The van der Waals surface area contributed by atoms with Crippen LogP contribution in [0.1, 0.15) is 12.8 Å². The molecule has 0 N–H and O–H groups in total. The third-order valence-electron chi connectivity index (χ3n) is 2.92. The van der Waals surface area contributed by atoms with Crippen LogP contribution in [0, 0.1) is 5.92 Å². The van der Waals surface area contributed by atoms with E-state index < -0.39 is 10.0 Å². The first kappa shape index (κ1) is 12.3. The summed E-state index contributed by atoms with van der Waals surface area (Å²) in [4.78, 5) is 0. The predicted octanol–water partition coefficient (Wildman–Crippen LogP) is 0.0734. The summed E-state index contributed by atoms with van der Waals surface area (Å²) in [7, 11) is -3.09. The highest BCUT2D eigenvalue weighted by Gasteiger charge is 2.27. The van der Waals surface area contributed by atoms with Gasteiger partial charge in [-0.2, -0.15) is 4.31 Å². The van der Waals surface area contributed by atoms with E-state index in [0.29, 0.717) is 26.3 Å². The Morgan fingerprint density at radius 1 is 1.38 bits per heavy atom. The van der Waals surface area contributed by atoms with Crippen LogP contribution in [0.25, 0.3) is 0 Å². The molecule has 0 amide bonds.